The van der Waals surface area contributed by atoms with E-state index in [0.717, 1.165) is 38.3 Å². The predicted octanol–water partition coefficient (Wildman–Crippen LogP) is 0.620. The Morgan fingerprint density at radius 3 is 3.00 bits per heavy atom. The molecule has 17 heavy (non-hydrogen) atoms. The maximum Gasteiger partial charge on any atom is 0.181 e. The Morgan fingerprint density at radius 2 is 2.24 bits per heavy atom. The predicted molar refractivity (Wildman–Crippen MR) is 65.1 cm³/mol. The lowest BCUT2D eigenvalue weighted by Crippen LogP contribution is -2.40. The largest absolute Gasteiger partial charge is 0.317 e. The van der Waals surface area contributed by atoms with Crippen LogP contribution in [-0.2, 0) is 9.88 Å². The minimum absolute atomic E-state index is 0.711. The Balaban J connectivity index is 1.40. The highest BCUT2D eigenvalue weighted by Crippen LogP contribution is 2.15. The summed E-state index contributed by atoms with van der Waals surface area (Å²) in [7, 11) is 1.48. The average molecular weight is 242 g/mol. The van der Waals surface area contributed by atoms with E-state index >= 15 is 0 Å². The monoisotopic (exact) mass is 242 g/mol. The maximum atomic E-state index is 4.72. The fourth-order valence-electron chi connectivity index (χ4n) is 2.10. The second-order valence-electron chi connectivity index (χ2n) is 4.47. The van der Waals surface area contributed by atoms with E-state index in [1.807, 2.05) is 0 Å². The van der Waals surface area contributed by atoms with Crippen LogP contribution in [0.4, 0.5) is 0 Å². The van der Waals surface area contributed by atoms with Gasteiger partial charge in [0.05, 0.1) is 7.11 Å². The highest BCUT2D eigenvalue weighted by molar-refractivity contribution is 5.89. The van der Waals surface area contributed by atoms with Crippen LogP contribution in [0.3, 0.4) is 0 Å². The number of piperidine rings is 1. The number of hydrazone groups is 1. The summed E-state index contributed by atoms with van der Waals surface area (Å²) in [4.78, 5) is 9.22. The van der Waals surface area contributed by atoms with Gasteiger partial charge >= 0.3 is 0 Å². The first kappa shape index (κ1) is 12.8. The molecule has 6 nitrogen and oxygen atoms in total. The van der Waals surface area contributed by atoms with Crippen molar-refractivity contribution in [1.29, 1.82) is 0 Å². The highest BCUT2D eigenvalue weighted by Gasteiger charge is 2.25. The van der Waals surface area contributed by atoms with Crippen molar-refractivity contribution in [2.75, 3.05) is 26.7 Å². The first-order valence-corrected chi connectivity index (χ1v) is 6.42. The molecule has 2 aliphatic rings. The molecule has 2 aliphatic heterocycles. The zero-order valence-electron chi connectivity index (χ0n) is 10.4. The number of unbranched alkanes of at least 4 members (excludes halogenated alkanes) is 1. The molecule has 0 spiro atoms. The van der Waals surface area contributed by atoms with Crippen LogP contribution in [0.5, 0.6) is 0 Å². The third-order valence-corrected chi connectivity index (χ3v) is 3.13. The Labute approximate surface area is 102 Å². The second-order valence-corrected chi connectivity index (χ2v) is 4.47. The van der Waals surface area contributed by atoms with E-state index in [2.05, 4.69) is 20.6 Å². The Morgan fingerprint density at radius 1 is 1.41 bits per heavy atom. The number of hydroxylamine groups is 1. The van der Waals surface area contributed by atoms with E-state index < -0.39 is 0 Å². The van der Waals surface area contributed by atoms with Gasteiger partial charge in [-0.05, 0) is 45.3 Å². The number of hydrogen-bond donors (Lipinski definition) is 2. The van der Waals surface area contributed by atoms with Crippen LogP contribution in [0, 0.1) is 0 Å². The van der Waals surface area contributed by atoms with Gasteiger partial charge in [-0.1, -0.05) is 10.2 Å². The molecule has 2 rings (SSSR count). The molecular weight excluding hydrogens is 220 g/mol. The number of amidine groups is 1. The van der Waals surface area contributed by atoms with Crippen LogP contribution in [0.15, 0.2) is 5.10 Å². The molecule has 2 heterocycles. The van der Waals surface area contributed by atoms with Crippen LogP contribution in [0.1, 0.15) is 32.1 Å². The molecule has 0 amide bonds. The first-order valence-electron chi connectivity index (χ1n) is 6.42. The van der Waals surface area contributed by atoms with Gasteiger partial charge in [0.25, 0.3) is 0 Å². The summed E-state index contributed by atoms with van der Waals surface area (Å²) in [5, 5.41) is 12.4. The molecule has 98 valence electrons. The van der Waals surface area contributed by atoms with Crippen molar-refractivity contribution in [3.8, 4) is 0 Å². The Bertz CT molecular complexity index is 254. The quantitative estimate of drug-likeness (QED) is 0.371. The minimum atomic E-state index is 0.711. The Hall–Kier alpha value is -0.690. The normalized spacial score (nSPS) is 20.5. The van der Waals surface area contributed by atoms with Gasteiger partial charge in [-0.3, -0.25) is 0 Å². The molecular formula is C11H22N4O2. The van der Waals surface area contributed by atoms with E-state index in [9.17, 15) is 0 Å². The summed E-state index contributed by atoms with van der Waals surface area (Å²) in [5.41, 5.74) is 0. The lowest BCUT2D eigenvalue weighted by atomic mass is 10.1. The summed E-state index contributed by atoms with van der Waals surface area (Å²) in [6, 6.07) is 0.711. The van der Waals surface area contributed by atoms with Gasteiger partial charge in [0.2, 0.25) is 0 Å². The molecule has 0 aromatic carbocycles. The number of nitrogens with zero attached hydrogens (tertiary/aromatic N) is 2. The molecule has 0 radical (unpaired) electrons. The van der Waals surface area contributed by atoms with E-state index in [1.54, 1.807) is 0 Å². The molecule has 6 heteroatoms. The molecule has 2 N–H and O–H groups in total. The molecule has 0 atom stereocenters. The van der Waals surface area contributed by atoms with Gasteiger partial charge in [-0.15, -0.1) is 5.10 Å². The second kappa shape index (κ2) is 6.90. The van der Waals surface area contributed by atoms with Gasteiger partial charge in [0, 0.05) is 12.5 Å². The molecule has 0 aromatic heterocycles. The summed E-state index contributed by atoms with van der Waals surface area (Å²) in [6.07, 6.45) is 5.80. The van der Waals surface area contributed by atoms with Crippen LogP contribution in [0.2, 0.25) is 0 Å². The van der Waals surface area contributed by atoms with Gasteiger partial charge in [-0.25, -0.2) is 4.89 Å². The third-order valence-electron chi connectivity index (χ3n) is 3.13. The van der Waals surface area contributed by atoms with E-state index in [0.29, 0.717) is 6.04 Å². The minimum Gasteiger partial charge on any atom is -0.317 e. The topological polar surface area (TPSA) is 57.9 Å². The fourth-order valence-corrected chi connectivity index (χ4v) is 2.10. The van der Waals surface area contributed by atoms with Crippen molar-refractivity contribution < 1.29 is 9.88 Å². The van der Waals surface area contributed by atoms with Crippen molar-refractivity contribution >= 4 is 5.84 Å². The molecule has 0 bridgehead atoms. The van der Waals surface area contributed by atoms with E-state index in [4.69, 9.17) is 4.99 Å². The highest BCUT2D eigenvalue weighted by atomic mass is 17.3. The molecule has 1 saturated heterocycles. The summed E-state index contributed by atoms with van der Waals surface area (Å²) >= 11 is 0. The van der Waals surface area contributed by atoms with Crippen molar-refractivity contribution in [2.24, 2.45) is 5.10 Å². The van der Waals surface area contributed by atoms with Gasteiger partial charge in [0.1, 0.15) is 0 Å². The molecule has 0 aromatic rings. The maximum absolute atomic E-state index is 4.72. The van der Waals surface area contributed by atoms with Gasteiger partial charge in [0.15, 0.2) is 5.84 Å². The molecule has 0 unspecified atom stereocenters. The number of hydrogen-bond acceptors (Lipinski definition) is 6. The van der Waals surface area contributed by atoms with Crippen LogP contribution in [-0.4, -0.2) is 43.8 Å². The van der Waals surface area contributed by atoms with E-state index in [1.165, 1.54) is 31.5 Å². The molecule has 1 fully saturated rings. The number of nitrogens with one attached hydrogen (secondary N) is 2. The summed E-state index contributed by atoms with van der Waals surface area (Å²) in [5.74, 6) is 0.980. The lowest BCUT2D eigenvalue weighted by molar-refractivity contribution is -0.370. The standard InChI is InChI=1S/C11H22N4O2/c1-16-17-15-11(14-15)4-2-3-7-13-10-5-8-12-9-6-10/h10,12-13H,2-9H2,1H3. The average Bonchev–Trinajstić information content (AvgIpc) is 3.09. The van der Waals surface area contributed by atoms with Crippen molar-refractivity contribution in [2.45, 2.75) is 38.1 Å². The third kappa shape index (κ3) is 4.59. The molecule has 0 aliphatic carbocycles. The van der Waals surface area contributed by atoms with Crippen molar-refractivity contribution in [1.82, 2.24) is 15.8 Å². The van der Waals surface area contributed by atoms with Gasteiger partial charge < -0.3 is 10.6 Å². The van der Waals surface area contributed by atoms with Gasteiger partial charge in [-0.2, -0.15) is 0 Å². The van der Waals surface area contributed by atoms with Crippen LogP contribution < -0.4 is 10.6 Å². The first-order chi connectivity index (χ1) is 8.40. The zero-order chi connectivity index (χ0) is 11.9. The number of rotatable bonds is 8. The SMILES string of the molecule is COON1N=C1CCCCNC1CCNCC1. The summed E-state index contributed by atoms with van der Waals surface area (Å²) in [6.45, 7) is 3.40. The van der Waals surface area contributed by atoms with E-state index in [-0.39, 0.29) is 0 Å². The van der Waals surface area contributed by atoms with Crippen LogP contribution >= 0.6 is 0 Å². The van der Waals surface area contributed by atoms with Crippen LogP contribution in [0.25, 0.3) is 0 Å². The summed E-state index contributed by atoms with van der Waals surface area (Å²) < 4.78 is 0. The smallest absolute Gasteiger partial charge is 0.181 e. The zero-order valence-corrected chi connectivity index (χ0v) is 10.4. The van der Waals surface area contributed by atoms with Crippen molar-refractivity contribution in [3.63, 3.8) is 0 Å². The van der Waals surface area contributed by atoms with Crippen molar-refractivity contribution in [3.05, 3.63) is 0 Å². The molecule has 0 saturated carbocycles. The Kier molecular flexibility index (Phi) is 5.18. The fraction of sp³-hybridized carbons (Fsp3) is 0.909. The lowest BCUT2D eigenvalue weighted by Gasteiger charge is -2.23.